The molecule has 4 heteroatoms. The van der Waals surface area contributed by atoms with Crippen LogP contribution in [0, 0.1) is 5.21 Å². The topological polar surface area (TPSA) is 26.3 Å². The summed E-state index contributed by atoms with van der Waals surface area (Å²) in [5.74, 6) is 1.02. The van der Waals surface area contributed by atoms with Gasteiger partial charge in [-0.15, -0.1) is 0 Å². The van der Waals surface area contributed by atoms with Gasteiger partial charge in [0.2, 0.25) is 0 Å². The van der Waals surface area contributed by atoms with E-state index < -0.39 is 0 Å². The highest BCUT2D eigenvalue weighted by atomic mass is 32.2. The maximum Gasteiger partial charge on any atom is 0.00782 e. The number of hydrogen-bond donors (Lipinski definition) is 0. The Morgan fingerprint density at radius 1 is 1.71 bits per heavy atom. The fourth-order valence-electron chi connectivity index (χ4n) is 0.436. The van der Waals surface area contributed by atoms with Crippen LogP contribution in [0.3, 0.4) is 0 Å². The largest absolute Gasteiger partial charge is 0.772 e. The molecular formula is C3H7NOPS-. The number of rotatable bonds is 0. The fourth-order valence-corrected chi connectivity index (χ4v) is 2.56. The van der Waals surface area contributed by atoms with Gasteiger partial charge in [0.1, 0.15) is 0 Å². The van der Waals surface area contributed by atoms with E-state index in [1.165, 1.54) is 18.4 Å². The highest BCUT2D eigenvalue weighted by Crippen LogP contribution is 2.31. The third-order valence-corrected chi connectivity index (χ3v) is 3.09. The summed E-state index contributed by atoms with van der Waals surface area (Å²) in [5.41, 5.74) is 0. The average molecular weight is 136 g/mol. The zero-order chi connectivity index (χ0) is 5.11. The lowest BCUT2D eigenvalue weighted by Crippen LogP contribution is -2.02. The first-order valence-electron chi connectivity index (χ1n) is 2.23. The van der Waals surface area contributed by atoms with Crippen molar-refractivity contribution < 1.29 is 0 Å². The van der Waals surface area contributed by atoms with Gasteiger partial charge in [-0.2, -0.15) is 0 Å². The minimum Gasteiger partial charge on any atom is -0.772 e. The Bertz CT molecular complexity index is 56.9. The Balaban J connectivity index is 2.12. The lowest BCUT2D eigenvalue weighted by Gasteiger charge is -2.29. The van der Waals surface area contributed by atoms with Gasteiger partial charge in [-0.1, -0.05) is 20.7 Å². The van der Waals surface area contributed by atoms with Crippen molar-refractivity contribution in [1.82, 2.24) is 4.24 Å². The first-order valence-corrected chi connectivity index (χ1v) is 4.33. The van der Waals surface area contributed by atoms with E-state index in [4.69, 9.17) is 0 Å². The van der Waals surface area contributed by atoms with E-state index in [9.17, 15) is 5.21 Å². The highest BCUT2D eigenvalue weighted by molar-refractivity contribution is 8.00. The quantitative estimate of drug-likeness (QED) is 0.372. The van der Waals surface area contributed by atoms with E-state index in [0.29, 0.717) is 8.73 Å². The zero-order valence-corrected chi connectivity index (χ0v) is 5.70. The lowest BCUT2D eigenvalue weighted by atomic mass is 10.6. The van der Waals surface area contributed by atoms with Crippen molar-refractivity contribution in [2.75, 3.05) is 11.9 Å². The molecule has 2 nitrogen and oxygen atoms in total. The van der Waals surface area contributed by atoms with Crippen LogP contribution in [0.25, 0.3) is 0 Å². The van der Waals surface area contributed by atoms with E-state index in [1.807, 2.05) is 0 Å². The van der Waals surface area contributed by atoms with E-state index >= 15 is 0 Å². The monoisotopic (exact) mass is 136 g/mol. The summed E-state index contributed by atoms with van der Waals surface area (Å²) >= 11 is 1.41. The van der Waals surface area contributed by atoms with Crippen LogP contribution in [0.2, 0.25) is 0 Å². The second-order valence-electron chi connectivity index (χ2n) is 1.35. The van der Waals surface area contributed by atoms with Gasteiger partial charge in [0, 0.05) is 5.75 Å². The third-order valence-electron chi connectivity index (χ3n) is 0.771. The summed E-state index contributed by atoms with van der Waals surface area (Å²) in [6.07, 6.45) is 2.33. The first-order chi connectivity index (χ1) is 3.39. The normalized spacial score (nSPS) is 28.7. The molecule has 0 aliphatic carbocycles. The van der Waals surface area contributed by atoms with Crippen molar-refractivity contribution in [1.29, 1.82) is 0 Å². The van der Waals surface area contributed by atoms with Gasteiger partial charge in [-0.3, -0.25) is 0 Å². The van der Waals surface area contributed by atoms with Crippen molar-refractivity contribution in [3.05, 3.63) is 5.21 Å². The Labute approximate surface area is 49.2 Å². The van der Waals surface area contributed by atoms with Crippen molar-refractivity contribution in [3.63, 3.8) is 0 Å². The molecule has 0 radical (unpaired) electrons. The lowest BCUT2D eigenvalue weighted by molar-refractivity contribution is 0.958. The van der Waals surface area contributed by atoms with Crippen molar-refractivity contribution >= 4 is 20.7 Å². The summed E-state index contributed by atoms with van der Waals surface area (Å²) in [6, 6.07) is 0. The van der Waals surface area contributed by atoms with Gasteiger partial charge in [0.05, 0.1) is 0 Å². The predicted molar refractivity (Wildman–Crippen MR) is 35.5 cm³/mol. The molecule has 0 bridgehead atoms. The van der Waals surface area contributed by atoms with E-state index in [2.05, 4.69) is 0 Å². The molecule has 0 N–H and O–H groups in total. The van der Waals surface area contributed by atoms with Crippen LogP contribution >= 0.6 is 20.7 Å². The molecule has 7 heavy (non-hydrogen) atoms. The first kappa shape index (κ1) is 5.83. The van der Waals surface area contributed by atoms with Crippen molar-refractivity contribution in [2.24, 2.45) is 0 Å². The molecule has 1 aliphatic rings. The molecule has 1 rings (SSSR count). The maximum absolute atomic E-state index is 10.4. The Kier molecular flexibility index (Phi) is 2.40. The second-order valence-corrected chi connectivity index (χ2v) is 3.90. The molecule has 1 atom stereocenters. The molecule has 1 aliphatic heterocycles. The average Bonchev–Trinajstić information content (AvgIpc) is 1.69. The van der Waals surface area contributed by atoms with Crippen molar-refractivity contribution in [2.45, 2.75) is 6.42 Å². The molecule has 0 saturated carbocycles. The second kappa shape index (κ2) is 2.88. The maximum atomic E-state index is 10.4. The standard InChI is InChI=1S/C3H7NOPS/c5-4-6-2-1-3-7-4/h6H,1-3H2/q-1. The van der Waals surface area contributed by atoms with Crippen molar-refractivity contribution in [3.8, 4) is 0 Å². The number of hydrogen-bond acceptors (Lipinski definition) is 3. The molecule has 0 aromatic rings. The van der Waals surface area contributed by atoms with Gasteiger partial charge < -0.3 is 9.45 Å². The molecule has 42 valence electrons. The van der Waals surface area contributed by atoms with Crippen LogP contribution in [-0.2, 0) is 0 Å². The van der Waals surface area contributed by atoms with Crippen LogP contribution in [0.4, 0.5) is 0 Å². The van der Waals surface area contributed by atoms with Gasteiger partial charge in [-0.25, -0.2) is 0 Å². The number of nitrogens with zero attached hydrogens (tertiary/aromatic N) is 1. The van der Waals surface area contributed by atoms with Gasteiger partial charge in [0.25, 0.3) is 0 Å². The Morgan fingerprint density at radius 3 is 2.86 bits per heavy atom. The van der Waals surface area contributed by atoms with Crippen LogP contribution < -0.4 is 0 Å². The summed E-state index contributed by atoms with van der Waals surface area (Å²) in [6.45, 7) is 0. The van der Waals surface area contributed by atoms with Crippen LogP contribution in [-0.4, -0.2) is 16.2 Å². The smallest absolute Gasteiger partial charge is 0.00782 e. The molecule has 0 aromatic carbocycles. The molecule has 1 heterocycles. The molecule has 1 saturated heterocycles. The minimum absolute atomic E-state index is 0.516. The molecule has 1 fully saturated rings. The van der Waals surface area contributed by atoms with Gasteiger partial charge >= 0.3 is 0 Å². The third kappa shape index (κ3) is 1.96. The van der Waals surface area contributed by atoms with E-state index in [0.717, 1.165) is 16.2 Å². The molecule has 0 amide bonds. The molecular weight excluding hydrogens is 129 g/mol. The fraction of sp³-hybridized carbons (Fsp3) is 1.00. The minimum atomic E-state index is 0.516. The van der Waals surface area contributed by atoms with Gasteiger partial charge in [0.15, 0.2) is 0 Å². The Hall–Kier alpha value is 0.700. The summed E-state index contributed by atoms with van der Waals surface area (Å²) in [4.78, 5) is 0. The molecule has 0 spiro atoms. The molecule has 0 aromatic heterocycles. The van der Waals surface area contributed by atoms with E-state index in [1.54, 1.807) is 0 Å². The summed E-state index contributed by atoms with van der Waals surface area (Å²) < 4.78 is 1.09. The molecule has 1 unspecified atom stereocenters. The van der Waals surface area contributed by atoms with Crippen LogP contribution in [0.15, 0.2) is 0 Å². The van der Waals surface area contributed by atoms with Crippen LogP contribution in [0.1, 0.15) is 6.42 Å². The highest BCUT2D eigenvalue weighted by Gasteiger charge is 1.98. The van der Waals surface area contributed by atoms with Crippen LogP contribution in [0.5, 0.6) is 0 Å². The Morgan fingerprint density at radius 2 is 2.57 bits per heavy atom. The summed E-state index contributed by atoms with van der Waals surface area (Å²) in [7, 11) is 0.516. The SMILES string of the molecule is [O-]N1PCCCS1. The predicted octanol–water partition coefficient (Wildman–Crippen LogP) is 1.43. The van der Waals surface area contributed by atoms with Gasteiger partial charge in [-0.05, 0) is 12.6 Å². The summed E-state index contributed by atoms with van der Waals surface area (Å²) in [5, 5.41) is 10.4. The zero-order valence-electron chi connectivity index (χ0n) is 3.89. The van der Waals surface area contributed by atoms with E-state index in [-0.39, 0.29) is 0 Å².